The zero-order valence-electron chi connectivity index (χ0n) is 16.2. The lowest BCUT2D eigenvalue weighted by Gasteiger charge is -2.17. The van der Waals surface area contributed by atoms with Crippen LogP contribution in [0.2, 0.25) is 0 Å². The van der Waals surface area contributed by atoms with E-state index in [0.717, 1.165) is 16.0 Å². The van der Waals surface area contributed by atoms with Crippen LogP contribution in [0.1, 0.15) is 18.1 Å². The minimum Gasteiger partial charge on any atom is -0.455 e. The Bertz CT molecular complexity index is 819. The van der Waals surface area contributed by atoms with Gasteiger partial charge in [-0.1, -0.05) is 24.3 Å². The molecule has 0 fully saturated rings. The lowest BCUT2D eigenvalue weighted by Crippen LogP contribution is -2.31. The van der Waals surface area contributed by atoms with Gasteiger partial charge in [0.25, 0.3) is 5.91 Å². The first-order valence-corrected chi connectivity index (χ1v) is 9.99. The van der Waals surface area contributed by atoms with Gasteiger partial charge in [0, 0.05) is 31.1 Å². The van der Waals surface area contributed by atoms with Crippen molar-refractivity contribution in [2.24, 2.45) is 0 Å². The number of likely N-dealkylation sites (N-methyl/N-ethyl adjacent to an activating group) is 1. The van der Waals surface area contributed by atoms with E-state index in [0.29, 0.717) is 12.2 Å². The van der Waals surface area contributed by atoms with Crippen molar-refractivity contribution in [1.29, 1.82) is 0 Å². The molecule has 0 bridgehead atoms. The molecule has 148 valence electrons. The molecule has 0 aromatic heterocycles. The number of hydrogen-bond acceptors (Lipinski definition) is 5. The van der Waals surface area contributed by atoms with Crippen LogP contribution in [0.25, 0.3) is 0 Å². The Morgan fingerprint density at radius 1 is 1.00 bits per heavy atom. The second-order valence-electron chi connectivity index (χ2n) is 6.31. The molecular weight excluding hydrogens is 376 g/mol. The standard InChI is InChI=1S/C21H24N2O4S/c1-15(24)22-18-8-4-16(5-9-18)12-21(26)27-14-20(25)23(2)13-17-6-10-19(28-3)11-7-17/h4-11H,12-14H2,1-3H3,(H,22,24). The average Bonchev–Trinajstić information content (AvgIpc) is 2.67. The Balaban J connectivity index is 1.77. The number of rotatable bonds is 8. The summed E-state index contributed by atoms with van der Waals surface area (Å²) in [6.07, 6.45) is 2.07. The minimum atomic E-state index is -0.474. The molecule has 2 rings (SSSR count). The van der Waals surface area contributed by atoms with E-state index in [9.17, 15) is 14.4 Å². The summed E-state index contributed by atoms with van der Waals surface area (Å²) >= 11 is 1.66. The van der Waals surface area contributed by atoms with Gasteiger partial charge in [0.2, 0.25) is 5.91 Å². The molecule has 0 saturated heterocycles. The number of hydrogen-bond donors (Lipinski definition) is 1. The largest absolute Gasteiger partial charge is 0.455 e. The predicted molar refractivity (Wildman–Crippen MR) is 110 cm³/mol. The van der Waals surface area contributed by atoms with Crippen molar-refractivity contribution >= 4 is 35.2 Å². The topological polar surface area (TPSA) is 75.7 Å². The zero-order valence-corrected chi connectivity index (χ0v) is 17.0. The maximum atomic E-state index is 12.2. The normalized spacial score (nSPS) is 10.2. The number of thioether (sulfide) groups is 1. The van der Waals surface area contributed by atoms with Crippen LogP contribution in [0.4, 0.5) is 5.69 Å². The summed E-state index contributed by atoms with van der Waals surface area (Å²) in [4.78, 5) is 37.8. The Kier molecular flexibility index (Phi) is 8.07. The van der Waals surface area contributed by atoms with Crippen molar-refractivity contribution in [3.8, 4) is 0 Å². The summed E-state index contributed by atoms with van der Waals surface area (Å²) in [7, 11) is 1.68. The fourth-order valence-corrected chi connectivity index (χ4v) is 2.88. The van der Waals surface area contributed by atoms with Crippen LogP contribution < -0.4 is 5.32 Å². The van der Waals surface area contributed by atoms with E-state index in [1.807, 2.05) is 30.5 Å². The van der Waals surface area contributed by atoms with E-state index in [-0.39, 0.29) is 24.8 Å². The number of amides is 2. The Morgan fingerprint density at radius 3 is 2.18 bits per heavy atom. The van der Waals surface area contributed by atoms with Gasteiger partial charge < -0.3 is 15.0 Å². The smallest absolute Gasteiger partial charge is 0.310 e. The summed E-state index contributed by atoms with van der Waals surface area (Å²) in [5.74, 6) is -0.892. The van der Waals surface area contributed by atoms with Crippen LogP contribution in [0.3, 0.4) is 0 Å². The minimum absolute atomic E-state index is 0.0630. The highest BCUT2D eigenvalue weighted by Crippen LogP contribution is 2.15. The average molecular weight is 401 g/mol. The van der Waals surface area contributed by atoms with Crippen molar-refractivity contribution in [3.63, 3.8) is 0 Å². The number of nitrogens with one attached hydrogen (secondary N) is 1. The van der Waals surface area contributed by atoms with Gasteiger partial charge in [-0.2, -0.15) is 0 Å². The number of esters is 1. The number of benzene rings is 2. The molecule has 2 amide bonds. The molecule has 0 aliphatic carbocycles. The molecule has 7 heteroatoms. The molecule has 2 aromatic rings. The van der Waals surface area contributed by atoms with Gasteiger partial charge in [-0.15, -0.1) is 11.8 Å². The molecular formula is C21H24N2O4S. The molecule has 0 aliphatic rings. The van der Waals surface area contributed by atoms with Gasteiger partial charge in [0.15, 0.2) is 6.61 Å². The Hall–Kier alpha value is -2.80. The number of carbonyl (C=O) groups is 3. The highest BCUT2D eigenvalue weighted by Gasteiger charge is 2.13. The third-order valence-electron chi connectivity index (χ3n) is 3.98. The van der Waals surface area contributed by atoms with Crippen LogP contribution in [-0.4, -0.2) is 42.6 Å². The summed E-state index contributed by atoms with van der Waals surface area (Å²) in [5.41, 5.74) is 2.42. The first kappa shape index (κ1) is 21.5. The molecule has 0 aliphatic heterocycles. The monoisotopic (exact) mass is 400 g/mol. The SMILES string of the molecule is CSc1ccc(CN(C)C(=O)COC(=O)Cc2ccc(NC(C)=O)cc2)cc1. The second-order valence-corrected chi connectivity index (χ2v) is 7.19. The summed E-state index contributed by atoms with van der Waals surface area (Å²) in [6.45, 7) is 1.59. The summed E-state index contributed by atoms with van der Waals surface area (Å²) in [5, 5.41) is 2.66. The van der Waals surface area contributed by atoms with E-state index in [4.69, 9.17) is 4.74 Å². The quantitative estimate of drug-likeness (QED) is 0.544. The van der Waals surface area contributed by atoms with Gasteiger partial charge >= 0.3 is 5.97 Å². The van der Waals surface area contributed by atoms with E-state index < -0.39 is 5.97 Å². The fourth-order valence-electron chi connectivity index (χ4n) is 2.47. The lowest BCUT2D eigenvalue weighted by atomic mass is 10.1. The highest BCUT2D eigenvalue weighted by molar-refractivity contribution is 7.98. The Morgan fingerprint density at radius 2 is 1.61 bits per heavy atom. The molecule has 28 heavy (non-hydrogen) atoms. The first-order valence-electron chi connectivity index (χ1n) is 8.76. The lowest BCUT2D eigenvalue weighted by molar-refractivity contribution is -0.151. The van der Waals surface area contributed by atoms with Gasteiger partial charge in [0.05, 0.1) is 6.42 Å². The van der Waals surface area contributed by atoms with Gasteiger partial charge in [-0.25, -0.2) is 0 Å². The maximum Gasteiger partial charge on any atom is 0.310 e. The molecule has 2 aromatic carbocycles. The van der Waals surface area contributed by atoms with Crippen molar-refractivity contribution in [2.75, 3.05) is 25.2 Å². The van der Waals surface area contributed by atoms with Crippen molar-refractivity contribution in [2.45, 2.75) is 24.8 Å². The second kappa shape index (κ2) is 10.5. The van der Waals surface area contributed by atoms with E-state index >= 15 is 0 Å². The molecule has 0 unspecified atom stereocenters. The summed E-state index contributed by atoms with van der Waals surface area (Å²) < 4.78 is 5.09. The van der Waals surface area contributed by atoms with Crippen molar-refractivity contribution < 1.29 is 19.1 Å². The van der Waals surface area contributed by atoms with Crippen LogP contribution in [0, 0.1) is 0 Å². The van der Waals surface area contributed by atoms with Gasteiger partial charge in [-0.3, -0.25) is 14.4 Å². The third kappa shape index (κ3) is 7.08. The predicted octanol–water partition coefficient (Wildman–Crippen LogP) is 3.11. The van der Waals surface area contributed by atoms with Crippen LogP contribution in [0.5, 0.6) is 0 Å². The molecule has 1 N–H and O–H groups in total. The summed E-state index contributed by atoms with van der Waals surface area (Å²) in [6, 6.07) is 14.9. The Labute approximate surface area is 169 Å². The third-order valence-corrected chi connectivity index (χ3v) is 4.73. The number of anilines is 1. The molecule has 0 heterocycles. The van der Waals surface area contributed by atoms with Gasteiger partial charge in [-0.05, 0) is 41.6 Å². The highest BCUT2D eigenvalue weighted by atomic mass is 32.2. The number of ether oxygens (including phenoxy) is 1. The molecule has 0 spiro atoms. The van der Waals surface area contributed by atoms with Crippen molar-refractivity contribution in [3.05, 3.63) is 59.7 Å². The fraction of sp³-hybridized carbons (Fsp3) is 0.286. The number of nitrogens with zero attached hydrogens (tertiary/aromatic N) is 1. The van der Waals surface area contributed by atoms with E-state index in [1.165, 1.54) is 11.8 Å². The molecule has 6 nitrogen and oxygen atoms in total. The maximum absolute atomic E-state index is 12.2. The first-order chi connectivity index (χ1) is 13.4. The molecule has 0 saturated carbocycles. The van der Waals surface area contributed by atoms with Crippen LogP contribution in [0.15, 0.2) is 53.4 Å². The molecule has 0 radical (unpaired) electrons. The number of carbonyl (C=O) groups excluding carboxylic acids is 3. The van der Waals surface area contributed by atoms with Crippen LogP contribution in [-0.2, 0) is 32.1 Å². The van der Waals surface area contributed by atoms with Gasteiger partial charge in [0.1, 0.15) is 0 Å². The van der Waals surface area contributed by atoms with Crippen LogP contribution >= 0.6 is 11.8 Å². The zero-order chi connectivity index (χ0) is 20.5. The molecule has 0 atom stereocenters. The van der Waals surface area contributed by atoms with Crippen molar-refractivity contribution in [1.82, 2.24) is 4.90 Å². The van der Waals surface area contributed by atoms with E-state index in [2.05, 4.69) is 5.32 Å². The van der Waals surface area contributed by atoms with E-state index in [1.54, 1.807) is 43.1 Å².